The fraction of sp³-hybridized carbons (Fsp3) is 1.00. The maximum absolute atomic E-state index is 6.54. The molecule has 0 aromatic rings. The fourth-order valence-electron chi connectivity index (χ4n) is 3.12. The third-order valence-corrected chi connectivity index (χ3v) is 5.02. The van der Waals surface area contributed by atoms with Crippen LogP contribution in [0.15, 0.2) is 0 Å². The van der Waals surface area contributed by atoms with E-state index < -0.39 is 0 Å². The van der Waals surface area contributed by atoms with Crippen LogP contribution < -0.4 is 5.73 Å². The molecular formula is C14H27NO2. The number of rotatable bonds is 2. The Morgan fingerprint density at radius 2 is 1.88 bits per heavy atom. The monoisotopic (exact) mass is 241 g/mol. The molecule has 2 rings (SSSR count). The first kappa shape index (κ1) is 13.3. The Bertz CT molecular complexity index is 251. The molecule has 2 heterocycles. The summed E-state index contributed by atoms with van der Waals surface area (Å²) in [5.74, 6) is 1.09. The molecule has 3 nitrogen and oxygen atoms in total. The second-order valence-electron chi connectivity index (χ2n) is 6.35. The lowest BCUT2D eigenvalue weighted by atomic mass is 9.68. The van der Waals surface area contributed by atoms with Gasteiger partial charge < -0.3 is 15.2 Å². The molecular weight excluding hydrogens is 214 g/mol. The first-order valence-electron chi connectivity index (χ1n) is 6.97. The number of ether oxygens (including phenoxy) is 2. The van der Waals surface area contributed by atoms with E-state index in [0.717, 1.165) is 45.5 Å². The molecule has 0 radical (unpaired) electrons. The number of hydrogen-bond acceptors (Lipinski definition) is 3. The third kappa shape index (κ3) is 2.67. The minimum absolute atomic E-state index is 0.0662. The first-order valence-corrected chi connectivity index (χ1v) is 6.97. The first-order chi connectivity index (χ1) is 7.96. The highest BCUT2D eigenvalue weighted by molar-refractivity contribution is 4.98. The Balaban J connectivity index is 2.06. The van der Waals surface area contributed by atoms with E-state index in [1.54, 1.807) is 0 Å². The predicted octanol–water partition coefficient (Wildman–Crippen LogP) is 2.34. The lowest BCUT2D eigenvalue weighted by Gasteiger charge is -2.49. The smallest absolute Gasteiger partial charge is 0.0729 e. The van der Waals surface area contributed by atoms with Crippen LogP contribution in [-0.2, 0) is 9.47 Å². The van der Waals surface area contributed by atoms with Crippen molar-refractivity contribution in [2.45, 2.75) is 57.6 Å². The van der Waals surface area contributed by atoms with E-state index in [4.69, 9.17) is 15.2 Å². The SMILES string of the molecule is CC(C)C(C)(N)C1CCOC2(CCOCC2)C1. The standard InChI is InChI=1S/C14H27NO2/c1-11(2)13(3,15)12-4-7-17-14(10-12)5-8-16-9-6-14/h11-12H,4-10,15H2,1-3H3. The van der Waals surface area contributed by atoms with E-state index >= 15 is 0 Å². The van der Waals surface area contributed by atoms with Crippen LogP contribution in [0.1, 0.15) is 46.5 Å². The molecule has 0 amide bonds. The van der Waals surface area contributed by atoms with Crippen LogP contribution in [-0.4, -0.2) is 31.0 Å². The lowest BCUT2D eigenvalue weighted by molar-refractivity contribution is -0.155. The van der Waals surface area contributed by atoms with Crippen molar-refractivity contribution >= 4 is 0 Å². The zero-order chi connectivity index (χ0) is 12.5. The second-order valence-corrected chi connectivity index (χ2v) is 6.35. The lowest BCUT2D eigenvalue weighted by Crippen LogP contribution is -2.55. The fourth-order valence-corrected chi connectivity index (χ4v) is 3.12. The molecule has 3 heteroatoms. The highest BCUT2D eigenvalue weighted by Crippen LogP contribution is 2.42. The van der Waals surface area contributed by atoms with Gasteiger partial charge in [0, 0.05) is 25.4 Å². The van der Waals surface area contributed by atoms with Gasteiger partial charge in [0.25, 0.3) is 0 Å². The van der Waals surface area contributed by atoms with Crippen LogP contribution in [0.4, 0.5) is 0 Å². The third-order valence-electron chi connectivity index (χ3n) is 5.02. The summed E-state index contributed by atoms with van der Waals surface area (Å²) in [6.45, 7) is 9.22. The Morgan fingerprint density at radius 1 is 1.24 bits per heavy atom. The molecule has 0 aromatic carbocycles. The normalized spacial score (nSPS) is 32.6. The van der Waals surface area contributed by atoms with Crippen molar-refractivity contribution in [1.82, 2.24) is 0 Å². The number of nitrogens with two attached hydrogens (primary N) is 1. The molecule has 1 spiro atoms. The summed E-state index contributed by atoms with van der Waals surface area (Å²) in [5.41, 5.74) is 6.53. The quantitative estimate of drug-likeness (QED) is 0.807. The summed E-state index contributed by atoms with van der Waals surface area (Å²) in [6, 6.07) is 0. The molecule has 17 heavy (non-hydrogen) atoms. The molecule has 2 atom stereocenters. The van der Waals surface area contributed by atoms with E-state index in [9.17, 15) is 0 Å². The summed E-state index contributed by atoms with van der Waals surface area (Å²) < 4.78 is 11.5. The van der Waals surface area contributed by atoms with Crippen molar-refractivity contribution < 1.29 is 9.47 Å². The molecule has 2 saturated heterocycles. The Morgan fingerprint density at radius 3 is 2.47 bits per heavy atom. The average Bonchev–Trinajstić information content (AvgIpc) is 2.30. The van der Waals surface area contributed by atoms with Crippen molar-refractivity contribution in [2.24, 2.45) is 17.6 Å². The van der Waals surface area contributed by atoms with E-state index in [-0.39, 0.29) is 11.1 Å². The van der Waals surface area contributed by atoms with Gasteiger partial charge in [0.15, 0.2) is 0 Å². The van der Waals surface area contributed by atoms with Gasteiger partial charge in [-0.05, 0) is 44.4 Å². The highest BCUT2D eigenvalue weighted by Gasteiger charge is 2.44. The molecule has 0 bridgehead atoms. The van der Waals surface area contributed by atoms with E-state index in [1.807, 2.05) is 0 Å². The van der Waals surface area contributed by atoms with Crippen LogP contribution in [0.3, 0.4) is 0 Å². The summed E-state index contributed by atoms with van der Waals surface area (Å²) >= 11 is 0. The average molecular weight is 241 g/mol. The van der Waals surface area contributed by atoms with Gasteiger partial charge >= 0.3 is 0 Å². The Hall–Kier alpha value is -0.120. The van der Waals surface area contributed by atoms with Crippen molar-refractivity contribution in [3.8, 4) is 0 Å². The van der Waals surface area contributed by atoms with Crippen molar-refractivity contribution in [1.29, 1.82) is 0 Å². The maximum atomic E-state index is 6.54. The van der Waals surface area contributed by atoms with Gasteiger partial charge in [-0.2, -0.15) is 0 Å². The highest BCUT2D eigenvalue weighted by atomic mass is 16.5. The predicted molar refractivity (Wildman–Crippen MR) is 68.9 cm³/mol. The molecule has 100 valence electrons. The van der Waals surface area contributed by atoms with E-state index in [2.05, 4.69) is 20.8 Å². The van der Waals surface area contributed by atoms with Crippen LogP contribution >= 0.6 is 0 Å². The molecule has 0 saturated carbocycles. The second kappa shape index (κ2) is 4.87. The van der Waals surface area contributed by atoms with Crippen LogP contribution in [0.25, 0.3) is 0 Å². The molecule has 2 fully saturated rings. The van der Waals surface area contributed by atoms with Crippen molar-refractivity contribution in [3.63, 3.8) is 0 Å². The van der Waals surface area contributed by atoms with Crippen LogP contribution in [0, 0.1) is 11.8 Å². The zero-order valence-corrected chi connectivity index (χ0v) is 11.5. The molecule has 2 aliphatic rings. The Labute approximate surface area is 105 Å². The van der Waals surface area contributed by atoms with Gasteiger partial charge in [0.2, 0.25) is 0 Å². The van der Waals surface area contributed by atoms with Gasteiger partial charge in [-0.1, -0.05) is 13.8 Å². The minimum Gasteiger partial charge on any atom is -0.381 e. The number of hydrogen-bond donors (Lipinski definition) is 1. The molecule has 0 aliphatic carbocycles. The summed E-state index contributed by atoms with van der Waals surface area (Å²) in [5, 5.41) is 0. The van der Waals surface area contributed by atoms with Gasteiger partial charge in [-0.25, -0.2) is 0 Å². The van der Waals surface area contributed by atoms with Crippen molar-refractivity contribution in [3.05, 3.63) is 0 Å². The molecule has 2 N–H and O–H groups in total. The molecule has 2 unspecified atom stereocenters. The summed E-state index contributed by atoms with van der Waals surface area (Å²) in [4.78, 5) is 0. The van der Waals surface area contributed by atoms with Gasteiger partial charge in [-0.15, -0.1) is 0 Å². The van der Waals surface area contributed by atoms with E-state index in [0.29, 0.717) is 11.8 Å². The van der Waals surface area contributed by atoms with Gasteiger partial charge in [0.05, 0.1) is 5.60 Å². The molecule has 0 aromatic heterocycles. The van der Waals surface area contributed by atoms with Crippen molar-refractivity contribution in [2.75, 3.05) is 19.8 Å². The van der Waals surface area contributed by atoms with Crippen LogP contribution in [0.2, 0.25) is 0 Å². The minimum atomic E-state index is -0.0743. The summed E-state index contributed by atoms with van der Waals surface area (Å²) in [7, 11) is 0. The van der Waals surface area contributed by atoms with Crippen LogP contribution in [0.5, 0.6) is 0 Å². The van der Waals surface area contributed by atoms with E-state index in [1.165, 1.54) is 0 Å². The zero-order valence-electron chi connectivity index (χ0n) is 11.5. The van der Waals surface area contributed by atoms with Gasteiger partial charge in [-0.3, -0.25) is 0 Å². The summed E-state index contributed by atoms with van der Waals surface area (Å²) in [6.07, 6.45) is 4.30. The molecule has 2 aliphatic heterocycles. The largest absolute Gasteiger partial charge is 0.381 e. The topological polar surface area (TPSA) is 44.5 Å². The maximum Gasteiger partial charge on any atom is 0.0729 e. The Kier molecular flexibility index (Phi) is 3.81. The van der Waals surface area contributed by atoms with Gasteiger partial charge in [0.1, 0.15) is 0 Å².